The minimum absolute atomic E-state index is 0.122. The van der Waals surface area contributed by atoms with Crippen LogP contribution >= 0.6 is 0 Å². The molecule has 1 aliphatic heterocycles. The van der Waals surface area contributed by atoms with Gasteiger partial charge in [-0.25, -0.2) is 19.3 Å². The van der Waals surface area contributed by atoms with Gasteiger partial charge in [-0.3, -0.25) is 4.79 Å². The van der Waals surface area contributed by atoms with Crippen LogP contribution in [-0.4, -0.2) is 58.4 Å². The number of benzene rings is 1. The monoisotopic (exact) mass is 447 g/mol. The number of nitrogens with zero attached hydrogens (tertiary/aromatic N) is 5. The highest BCUT2D eigenvalue weighted by Gasteiger charge is 2.25. The van der Waals surface area contributed by atoms with Gasteiger partial charge >= 0.3 is 0 Å². The lowest BCUT2D eigenvalue weighted by atomic mass is 10.1. The number of rotatable bonds is 7. The summed E-state index contributed by atoms with van der Waals surface area (Å²) < 4.78 is 13.6. The Labute approximate surface area is 189 Å². The molecule has 4 rings (SSSR count). The van der Waals surface area contributed by atoms with Crippen LogP contribution in [0.1, 0.15) is 22.3 Å². The van der Waals surface area contributed by atoms with E-state index in [1.165, 1.54) is 0 Å². The molecule has 168 valence electrons. The van der Waals surface area contributed by atoms with Gasteiger partial charge in [0.25, 0.3) is 5.91 Å². The molecule has 1 atom stereocenters. The van der Waals surface area contributed by atoms with Crippen LogP contribution in [0.3, 0.4) is 0 Å². The predicted octanol–water partition coefficient (Wildman–Crippen LogP) is 2.42. The first-order valence-corrected chi connectivity index (χ1v) is 10.5. The van der Waals surface area contributed by atoms with Crippen LogP contribution in [0, 0.1) is 11.3 Å². The van der Waals surface area contributed by atoms with Crippen LogP contribution in [0.2, 0.25) is 0 Å². The Bertz CT molecular complexity index is 1180. The Hall–Kier alpha value is -4.10. The molecule has 1 aliphatic rings. The van der Waals surface area contributed by atoms with E-state index in [1.54, 1.807) is 53.7 Å². The minimum atomic E-state index is -0.905. The smallest absolute Gasteiger partial charge is 0.251 e. The zero-order valence-corrected chi connectivity index (χ0v) is 17.7. The van der Waals surface area contributed by atoms with Crippen LogP contribution in [0.25, 0.3) is 11.3 Å². The molecule has 1 fully saturated rings. The van der Waals surface area contributed by atoms with E-state index in [1.807, 2.05) is 0 Å². The summed E-state index contributed by atoms with van der Waals surface area (Å²) in [5.74, 6) is 0.554. The summed E-state index contributed by atoms with van der Waals surface area (Å²) in [4.78, 5) is 26.8. The second-order valence-electron chi connectivity index (χ2n) is 7.49. The number of anilines is 3. The van der Waals surface area contributed by atoms with Crippen molar-refractivity contribution < 1.29 is 14.3 Å². The Balaban J connectivity index is 1.50. The van der Waals surface area contributed by atoms with Crippen molar-refractivity contribution in [3.63, 3.8) is 0 Å². The molecular weight excluding hydrogens is 425 g/mol. The fourth-order valence-corrected chi connectivity index (χ4v) is 3.53. The van der Waals surface area contributed by atoms with E-state index in [9.17, 15) is 14.4 Å². The molecule has 33 heavy (non-hydrogen) atoms. The zero-order valence-electron chi connectivity index (χ0n) is 17.7. The molecule has 0 spiro atoms. The summed E-state index contributed by atoms with van der Waals surface area (Å²) in [7, 11) is 0. The van der Waals surface area contributed by atoms with Crippen molar-refractivity contribution in [3.05, 3.63) is 59.9 Å². The highest BCUT2D eigenvalue weighted by Crippen LogP contribution is 2.27. The van der Waals surface area contributed by atoms with Gasteiger partial charge in [-0.05, 0) is 42.8 Å². The number of aliphatic hydroxyl groups is 1. The Kier molecular flexibility index (Phi) is 6.71. The van der Waals surface area contributed by atoms with E-state index in [4.69, 9.17) is 5.11 Å². The van der Waals surface area contributed by atoms with Crippen molar-refractivity contribution in [2.24, 2.45) is 0 Å². The van der Waals surface area contributed by atoms with Crippen LogP contribution in [0.15, 0.2) is 48.8 Å². The van der Waals surface area contributed by atoms with Crippen LogP contribution < -0.4 is 15.5 Å². The number of aliphatic hydroxyl groups excluding tert-OH is 1. The number of halogens is 1. The van der Waals surface area contributed by atoms with Crippen molar-refractivity contribution in [3.8, 4) is 17.3 Å². The molecule has 3 aromatic rings. The first-order valence-electron chi connectivity index (χ1n) is 10.5. The summed E-state index contributed by atoms with van der Waals surface area (Å²) in [6.07, 6.45) is 2.74. The van der Waals surface area contributed by atoms with Gasteiger partial charge in [-0.15, -0.1) is 0 Å². The maximum absolute atomic E-state index is 13.6. The number of alkyl halides is 1. The van der Waals surface area contributed by atoms with E-state index in [2.05, 4.69) is 31.7 Å². The molecule has 2 aromatic heterocycles. The molecule has 1 aromatic carbocycles. The van der Waals surface area contributed by atoms with E-state index in [0.717, 1.165) is 0 Å². The van der Waals surface area contributed by atoms with Gasteiger partial charge in [0.05, 0.1) is 24.4 Å². The SMILES string of the molecule is N#Cc1cc(-c2ccnc(Nc3ccc(C(=O)NCCO)cc3)n2)cnc1N1CC[C@H](F)C1. The number of nitriles is 1. The van der Waals surface area contributed by atoms with Gasteiger partial charge in [0.2, 0.25) is 5.95 Å². The Morgan fingerprint density at radius 2 is 2.09 bits per heavy atom. The molecule has 3 heterocycles. The van der Waals surface area contributed by atoms with Gasteiger partial charge in [-0.2, -0.15) is 5.26 Å². The quantitative estimate of drug-likeness (QED) is 0.504. The second kappa shape index (κ2) is 10.0. The number of carbonyl (C=O) groups is 1. The zero-order chi connectivity index (χ0) is 23.2. The normalized spacial score (nSPS) is 15.2. The first kappa shape index (κ1) is 22.1. The summed E-state index contributed by atoms with van der Waals surface area (Å²) >= 11 is 0. The molecule has 0 saturated carbocycles. The average Bonchev–Trinajstić information content (AvgIpc) is 3.28. The van der Waals surface area contributed by atoms with Crippen LogP contribution in [-0.2, 0) is 0 Å². The lowest BCUT2D eigenvalue weighted by Crippen LogP contribution is -2.26. The predicted molar refractivity (Wildman–Crippen MR) is 121 cm³/mol. The van der Waals surface area contributed by atoms with E-state index in [-0.39, 0.29) is 25.6 Å². The van der Waals surface area contributed by atoms with Crippen molar-refractivity contribution in [2.45, 2.75) is 12.6 Å². The van der Waals surface area contributed by atoms with Gasteiger partial charge in [0.15, 0.2) is 0 Å². The molecule has 1 saturated heterocycles. The number of aromatic nitrogens is 3. The maximum Gasteiger partial charge on any atom is 0.251 e. The van der Waals surface area contributed by atoms with E-state index in [0.29, 0.717) is 52.8 Å². The van der Waals surface area contributed by atoms with E-state index < -0.39 is 6.17 Å². The molecule has 3 N–H and O–H groups in total. The van der Waals surface area contributed by atoms with E-state index >= 15 is 0 Å². The van der Waals surface area contributed by atoms with Gasteiger partial charge in [-0.1, -0.05) is 0 Å². The standard InChI is InChI=1S/C23H22FN7O2/c24-18-6-9-31(14-18)21-16(12-25)11-17(13-28-21)20-5-7-27-23(30-20)29-19-3-1-15(2-4-19)22(33)26-8-10-32/h1-5,7,11,13,18,32H,6,8-10,14H2,(H,26,33)(H,27,29,30)/t18-/m0/s1. The summed E-state index contributed by atoms with van der Waals surface area (Å²) in [5.41, 5.74) is 2.74. The minimum Gasteiger partial charge on any atom is -0.395 e. The third kappa shape index (κ3) is 5.22. The molecule has 0 radical (unpaired) electrons. The summed E-state index contributed by atoms with van der Waals surface area (Å²) in [6.45, 7) is 0.844. The van der Waals surface area contributed by atoms with Crippen LogP contribution in [0.4, 0.5) is 21.8 Å². The largest absolute Gasteiger partial charge is 0.395 e. The first-order chi connectivity index (χ1) is 16.1. The second-order valence-corrected chi connectivity index (χ2v) is 7.49. The maximum atomic E-state index is 13.6. The van der Waals surface area contributed by atoms with Crippen molar-refractivity contribution in [2.75, 3.05) is 36.5 Å². The molecule has 0 bridgehead atoms. The lowest BCUT2D eigenvalue weighted by Gasteiger charge is -2.18. The van der Waals surface area contributed by atoms with Gasteiger partial charge in [0, 0.05) is 42.3 Å². The summed E-state index contributed by atoms with van der Waals surface area (Å²) in [5, 5.41) is 24.1. The Morgan fingerprint density at radius 1 is 1.27 bits per heavy atom. The summed E-state index contributed by atoms with van der Waals surface area (Å²) in [6, 6.07) is 12.3. The molecule has 0 unspecified atom stereocenters. The fourth-order valence-electron chi connectivity index (χ4n) is 3.53. The highest BCUT2D eigenvalue weighted by molar-refractivity contribution is 5.94. The molecule has 10 heteroatoms. The van der Waals surface area contributed by atoms with Crippen molar-refractivity contribution in [1.29, 1.82) is 5.26 Å². The van der Waals surface area contributed by atoms with Crippen molar-refractivity contribution >= 4 is 23.4 Å². The van der Waals surface area contributed by atoms with Gasteiger partial charge in [0.1, 0.15) is 18.1 Å². The number of nitrogens with one attached hydrogen (secondary N) is 2. The third-order valence-corrected chi connectivity index (χ3v) is 5.17. The molecular formula is C23H22FN7O2. The fraction of sp³-hybridized carbons (Fsp3) is 0.261. The number of pyridine rings is 1. The molecule has 1 amide bonds. The number of carbonyl (C=O) groups excluding carboxylic acids is 1. The average molecular weight is 447 g/mol. The number of hydrogen-bond acceptors (Lipinski definition) is 8. The lowest BCUT2D eigenvalue weighted by molar-refractivity contribution is 0.0945. The molecule has 0 aliphatic carbocycles. The molecule has 9 nitrogen and oxygen atoms in total. The number of hydrogen-bond donors (Lipinski definition) is 3. The third-order valence-electron chi connectivity index (χ3n) is 5.17. The van der Waals surface area contributed by atoms with Crippen molar-refractivity contribution in [1.82, 2.24) is 20.3 Å². The Morgan fingerprint density at radius 3 is 2.79 bits per heavy atom. The van der Waals surface area contributed by atoms with Crippen LogP contribution in [0.5, 0.6) is 0 Å². The topological polar surface area (TPSA) is 127 Å². The van der Waals surface area contributed by atoms with Gasteiger partial charge < -0.3 is 20.6 Å². The number of amides is 1. The highest BCUT2D eigenvalue weighted by atomic mass is 19.1.